The highest BCUT2D eigenvalue weighted by molar-refractivity contribution is 7.99. The fourth-order valence-electron chi connectivity index (χ4n) is 3.19. The summed E-state index contributed by atoms with van der Waals surface area (Å²) in [7, 11) is 2.02. The van der Waals surface area contributed by atoms with Crippen LogP contribution >= 0.6 is 11.8 Å². The fourth-order valence-corrected chi connectivity index (χ4v) is 3.84. The highest BCUT2D eigenvalue weighted by Crippen LogP contribution is 2.27. The molecule has 1 atom stereocenters. The Balaban J connectivity index is 1.60. The standard InChI is InChI=1S/C18H25N5OS/c1-3-25-18-21-20-16(22(18)2)15-10-7-11-23(13-15)17(24)19-12-14-8-5-4-6-9-14/h4-6,8-9,15H,3,7,10-13H2,1-2H3,(H,19,24). The van der Waals surface area contributed by atoms with Crippen LogP contribution in [-0.4, -0.2) is 44.5 Å². The van der Waals surface area contributed by atoms with Crippen molar-refractivity contribution in [1.82, 2.24) is 25.0 Å². The lowest BCUT2D eigenvalue weighted by atomic mass is 9.97. The van der Waals surface area contributed by atoms with Crippen LogP contribution in [0.2, 0.25) is 0 Å². The molecule has 2 heterocycles. The number of nitrogens with zero attached hydrogens (tertiary/aromatic N) is 4. The minimum Gasteiger partial charge on any atom is -0.334 e. The van der Waals surface area contributed by atoms with Crippen LogP contribution in [-0.2, 0) is 13.6 Å². The zero-order valence-electron chi connectivity index (χ0n) is 14.8. The Kier molecular flexibility index (Phi) is 5.96. The molecule has 0 radical (unpaired) electrons. The number of piperidine rings is 1. The van der Waals surface area contributed by atoms with Crippen LogP contribution in [0.5, 0.6) is 0 Å². The molecule has 2 aromatic rings. The Morgan fingerprint density at radius 2 is 2.12 bits per heavy atom. The number of benzene rings is 1. The summed E-state index contributed by atoms with van der Waals surface area (Å²) >= 11 is 1.70. The quantitative estimate of drug-likeness (QED) is 0.834. The van der Waals surface area contributed by atoms with Crippen LogP contribution in [0.25, 0.3) is 0 Å². The SMILES string of the molecule is CCSc1nnc(C2CCCN(C(=O)NCc3ccccc3)C2)n1C. The third kappa shape index (κ3) is 4.34. The molecular formula is C18H25N5OS. The smallest absolute Gasteiger partial charge is 0.317 e. The van der Waals surface area contributed by atoms with Crippen molar-refractivity contribution in [3.63, 3.8) is 0 Å². The third-order valence-electron chi connectivity index (χ3n) is 4.50. The molecule has 0 aliphatic carbocycles. The van der Waals surface area contributed by atoms with Crippen LogP contribution < -0.4 is 5.32 Å². The highest BCUT2D eigenvalue weighted by Gasteiger charge is 2.28. The monoisotopic (exact) mass is 359 g/mol. The fraction of sp³-hybridized carbons (Fsp3) is 0.500. The number of hydrogen-bond acceptors (Lipinski definition) is 4. The lowest BCUT2D eigenvalue weighted by Crippen LogP contribution is -2.45. The van der Waals surface area contributed by atoms with Gasteiger partial charge in [0.1, 0.15) is 5.82 Å². The molecule has 1 aromatic carbocycles. The average molecular weight is 359 g/mol. The number of nitrogens with one attached hydrogen (secondary N) is 1. The van der Waals surface area contributed by atoms with Gasteiger partial charge >= 0.3 is 6.03 Å². The maximum absolute atomic E-state index is 12.5. The molecule has 3 rings (SSSR count). The second kappa shape index (κ2) is 8.38. The number of carbonyl (C=O) groups excluding carboxylic acids is 1. The lowest BCUT2D eigenvalue weighted by molar-refractivity contribution is 0.177. The van der Waals surface area contributed by atoms with E-state index in [1.54, 1.807) is 11.8 Å². The van der Waals surface area contributed by atoms with Gasteiger partial charge in [-0.3, -0.25) is 0 Å². The molecule has 1 aromatic heterocycles. The predicted octanol–water partition coefficient (Wildman–Crippen LogP) is 3.02. The Labute approximate surface area is 153 Å². The van der Waals surface area contributed by atoms with Gasteiger partial charge in [-0.25, -0.2) is 4.79 Å². The Hall–Kier alpha value is -2.02. The normalized spacial score (nSPS) is 17.5. The topological polar surface area (TPSA) is 63.1 Å². The van der Waals surface area contributed by atoms with E-state index in [0.29, 0.717) is 13.1 Å². The number of likely N-dealkylation sites (tertiary alicyclic amines) is 1. The summed E-state index contributed by atoms with van der Waals surface area (Å²) in [6.45, 7) is 4.16. The van der Waals surface area contributed by atoms with Gasteiger partial charge in [0.25, 0.3) is 0 Å². The molecule has 7 heteroatoms. The number of urea groups is 1. The number of rotatable bonds is 5. The van der Waals surface area contributed by atoms with E-state index in [4.69, 9.17) is 0 Å². The minimum atomic E-state index is -0.00104. The summed E-state index contributed by atoms with van der Waals surface area (Å²) in [6.07, 6.45) is 2.04. The molecule has 1 unspecified atom stereocenters. The summed E-state index contributed by atoms with van der Waals surface area (Å²) < 4.78 is 2.07. The van der Waals surface area contributed by atoms with Crippen molar-refractivity contribution >= 4 is 17.8 Å². The first kappa shape index (κ1) is 17.8. The molecule has 1 aliphatic heterocycles. The Morgan fingerprint density at radius 1 is 1.32 bits per heavy atom. The van der Waals surface area contributed by atoms with Crippen molar-refractivity contribution in [3.8, 4) is 0 Å². The van der Waals surface area contributed by atoms with E-state index in [2.05, 4.69) is 27.0 Å². The molecule has 6 nitrogen and oxygen atoms in total. The van der Waals surface area contributed by atoms with Gasteiger partial charge in [0, 0.05) is 32.6 Å². The molecule has 25 heavy (non-hydrogen) atoms. The third-order valence-corrected chi connectivity index (χ3v) is 5.40. The summed E-state index contributed by atoms with van der Waals surface area (Å²) in [6, 6.07) is 9.99. The van der Waals surface area contributed by atoms with E-state index >= 15 is 0 Å². The highest BCUT2D eigenvalue weighted by atomic mass is 32.2. The number of amides is 2. The molecule has 0 bridgehead atoms. The molecule has 0 spiro atoms. The van der Waals surface area contributed by atoms with Gasteiger partial charge in [-0.15, -0.1) is 10.2 Å². The molecule has 1 fully saturated rings. The van der Waals surface area contributed by atoms with Gasteiger partial charge in [0.05, 0.1) is 0 Å². The number of thioether (sulfide) groups is 1. The van der Waals surface area contributed by atoms with Crippen LogP contribution in [0, 0.1) is 0 Å². The van der Waals surface area contributed by atoms with Crippen molar-refractivity contribution in [2.75, 3.05) is 18.8 Å². The molecule has 134 valence electrons. The van der Waals surface area contributed by atoms with E-state index in [1.165, 1.54) is 0 Å². The van der Waals surface area contributed by atoms with Gasteiger partial charge in [-0.05, 0) is 24.2 Å². The largest absolute Gasteiger partial charge is 0.334 e. The first-order chi connectivity index (χ1) is 12.2. The maximum atomic E-state index is 12.5. The van der Waals surface area contributed by atoms with E-state index in [1.807, 2.05) is 42.3 Å². The lowest BCUT2D eigenvalue weighted by Gasteiger charge is -2.32. The predicted molar refractivity (Wildman–Crippen MR) is 99.6 cm³/mol. The van der Waals surface area contributed by atoms with Crippen molar-refractivity contribution in [2.24, 2.45) is 7.05 Å². The Bertz CT molecular complexity index is 703. The van der Waals surface area contributed by atoms with Gasteiger partial charge in [0.15, 0.2) is 5.16 Å². The summed E-state index contributed by atoms with van der Waals surface area (Å²) in [5.41, 5.74) is 1.11. The molecule has 2 amide bonds. The number of carbonyl (C=O) groups is 1. The number of aromatic nitrogens is 3. The average Bonchev–Trinajstić information content (AvgIpc) is 3.02. The molecule has 0 saturated carbocycles. The van der Waals surface area contributed by atoms with Crippen LogP contribution in [0.4, 0.5) is 4.79 Å². The second-order valence-corrected chi connectivity index (χ2v) is 7.49. The summed E-state index contributed by atoms with van der Waals surface area (Å²) in [5, 5.41) is 12.6. The van der Waals surface area contributed by atoms with Gasteiger partial charge < -0.3 is 14.8 Å². The zero-order chi connectivity index (χ0) is 17.6. The van der Waals surface area contributed by atoms with E-state index in [9.17, 15) is 4.79 Å². The first-order valence-corrected chi connectivity index (χ1v) is 9.76. The molecule has 1 saturated heterocycles. The van der Waals surface area contributed by atoms with Crippen molar-refractivity contribution < 1.29 is 4.79 Å². The maximum Gasteiger partial charge on any atom is 0.317 e. The van der Waals surface area contributed by atoms with Crippen LogP contribution in [0.1, 0.15) is 37.1 Å². The van der Waals surface area contributed by atoms with Crippen molar-refractivity contribution in [3.05, 3.63) is 41.7 Å². The molecule has 1 aliphatic rings. The van der Waals surface area contributed by atoms with Crippen LogP contribution in [0.3, 0.4) is 0 Å². The van der Waals surface area contributed by atoms with Gasteiger partial charge in [-0.2, -0.15) is 0 Å². The van der Waals surface area contributed by atoms with Crippen molar-refractivity contribution in [2.45, 2.75) is 37.4 Å². The van der Waals surface area contributed by atoms with Crippen LogP contribution in [0.15, 0.2) is 35.5 Å². The summed E-state index contributed by atoms with van der Waals surface area (Å²) in [5.74, 6) is 2.21. The summed E-state index contributed by atoms with van der Waals surface area (Å²) in [4.78, 5) is 14.4. The zero-order valence-corrected chi connectivity index (χ0v) is 15.6. The number of hydrogen-bond donors (Lipinski definition) is 1. The van der Waals surface area contributed by atoms with Gasteiger partial charge in [0.2, 0.25) is 0 Å². The first-order valence-electron chi connectivity index (χ1n) is 8.77. The van der Waals surface area contributed by atoms with Gasteiger partial charge in [-0.1, -0.05) is 49.0 Å². The van der Waals surface area contributed by atoms with E-state index in [-0.39, 0.29) is 11.9 Å². The second-order valence-electron chi connectivity index (χ2n) is 6.26. The molecule has 1 N–H and O–H groups in total. The molecular weight excluding hydrogens is 334 g/mol. The Morgan fingerprint density at radius 3 is 2.88 bits per heavy atom. The van der Waals surface area contributed by atoms with E-state index < -0.39 is 0 Å². The van der Waals surface area contributed by atoms with E-state index in [0.717, 1.165) is 41.7 Å². The minimum absolute atomic E-state index is 0.00104. The van der Waals surface area contributed by atoms with Crippen molar-refractivity contribution in [1.29, 1.82) is 0 Å².